The quantitative estimate of drug-likeness (QED) is 0.671. The molecule has 21 heavy (non-hydrogen) atoms. The van der Waals surface area contributed by atoms with Crippen LogP contribution in [0.25, 0.3) is 0 Å². The van der Waals surface area contributed by atoms with Crippen LogP contribution in [0, 0.1) is 5.92 Å². The van der Waals surface area contributed by atoms with Crippen LogP contribution in [0.2, 0.25) is 0 Å². The third-order valence-corrected chi connectivity index (χ3v) is 4.15. The number of carbonyl (C=O) groups excluding carboxylic acids is 2. The van der Waals surface area contributed by atoms with Crippen LogP contribution < -0.4 is 5.32 Å². The summed E-state index contributed by atoms with van der Waals surface area (Å²) in [5.41, 5.74) is -0.812. The Morgan fingerprint density at radius 1 is 1.33 bits per heavy atom. The van der Waals surface area contributed by atoms with Gasteiger partial charge in [-0.2, -0.15) is 0 Å². The fourth-order valence-corrected chi connectivity index (χ4v) is 2.79. The Labute approximate surface area is 126 Å². The molecule has 0 aromatic carbocycles. The smallest absolute Gasteiger partial charge is 0.308 e. The molecule has 1 aliphatic carbocycles. The normalized spacial score (nSPS) is 25.7. The van der Waals surface area contributed by atoms with Gasteiger partial charge >= 0.3 is 5.97 Å². The molecule has 0 radical (unpaired) electrons. The van der Waals surface area contributed by atoms with Crippen molar-refractivity contribution < 1.29 is 19.4 Å². The number of esters is 1. The molecular weight excluding hydrogens is 272 g/mol. The summed E-state index contributed by atoms with van der Waals surface area (Å²) in [6, 6.07) is 0. The molecule has 2 N–H and O–H groups in total. The average Bonchev–Trinajstić information content (AvgIpc) is 2.47. The molecule has 0 heterocycles. The highest BCUT2D eigenvalue weighted by atomic mass is 16.5. The lowest BCUT2D eigenvalue weighted by Gasteiger charge is -2.38. The maximum absolute atomic E-state index is 11.7. The maximum Gasteiger partial charge on any atom is 0.308 e. The van der Waals surface area contributed by atoms with Crippen molar-refractivity contribution >= 4 is 11.9 Å². The molecule has 0 saturated heterocycles. The molecule has 0 unspecified atom stereocenters. The van der Waals surface area contributed by atoms with Crippen LogP contribution in [0.15, 0.2) is 0 Å². The van der Waals surface area contributed by atoms with E-state index in [4.69, 9.17) is 4.74 Å². The second kappa shape index (κ2) is 8.34. The van der Waals surface area contributed by atoms with Crippen molar-refractivity contribution in [1.29, 1.82) is 0 Å². The summed E-state index contributed by atoms with van der Waals surface area (Å²) < 4.78 is 5.04. The highest BCUT2D eigenvalue weighted by molar-refractivity contribution is 5.77. The van der Waals surface area contributed by atoms with Crippen LogP contribution in [0.1, 0.15) is 39.5 Å². The van der Waals surface area contributed by atoms with Gasteiger partial charge in [-0.15, -0.1) is 0 Å². The second-order valence-electron chi connectivity index (χ2n) is 5.73. The van der Waals surface area contributed by atoms with Gasteiger partial charge in [-0.3, -0.25) is 14.5 Å². The minimum Gasteiger partial charge on any atom is -0.466 e. The van der Waals surface area contributed by atoms with Crippen LogP contribution >= 0.6 is 0 Å². The van der Waals surface area contributed by atoms with Crippen molar-refractivity contribution in [2.24, 2.45) is 5.92 Å². The largest absolute Gasteiger partial charge is 0.466 e. The SMILES string of the molecule is CCOC(=O)C1CCC(O)(CN(CC)CC(=O)NC)CC1. The van der Waals surface area contributed by atoms with Gasteiger partial charge in [0.05, 0.1) is 24.7 Å². The molecule has 1 fully saturated rings. The van der Waals surface area contributed by atoms with Crippen LogP contribution in [0.3, 0.4) is 0 Å². The van der Waals surface area contributed by atoms with Gasteiger partial charge in [0.2, 0.25) is 5.91 Å². The van der Waals surface area contributed by atoms with E-state index in [9.17, 15) is 14.7 Å². The minimum absolute atomic E-state index is 0.0549. The van der Waals surface area contributed by atoms with Gasteiger partial charge in [0.15, 0.2) is 0 Å². The molecule has 0 atom stereocenters. The van der Waals surface area contributed by atoms with Gasteiger partial charge in [0.25, 0.3) is 0 Å². The Hall–Kier alpha value is -1.14. The molecule has 1 rings (SSSR count). The van der Waals surface area contributed by atoms with Gasteiger partial charge in [-0.25, -0.2) is 0 Å². The number of hydrogen-bond acceptors (Lipinski definition) is 5. The van der Waals surface area contributed by atoms with Crippen LogP contribution in [0.4, 0.5) is 0 Å². The highest BCUT2D eigenvalue weighted by Crippen LogP contribution is 2.33. The lowest BCUT2D eigenvalue weighted by atomic mass is 9.78. The van der Waals surface area contributed by atoms with Crippen molar-refractivity contribution in [2.45, 2.75) is 45.1 Å². The Kier molecular flexibility index (Phi) is 7.11. The number of likely N-dealkylation sites (N-methyl/N-ethyl adjacent to an activating group) is 2. The molecule has 0 aromatic rings. The van der Waals surface area contributed by atoms with Crippen molar-refractivity contribution in [2.75, 3.05) is 33.3 Å². The summed E-state index contributed by atoms with van der Waals surface area (Å²) in [5.74, 6) is -0.308. The summed E-state index contributed by atoms with van der Waals surface area (Å²) >= 11 is 0. The van der Waals surface area contributed by atoms with E-state index >= 15 is 0 Å². The number of hydrogen-bond donors (Lipinski definition) is 2. The fourth-order valence-electron chi connectivity index (χ4n) is 2.79. The van der Waals surface area contributed by atoms with Crippen molar-refractivity contribution in [3.05, 3.63) is 0 Å². The molecule has 1 aliphatic rings. The van der Waals surface area contributed by atoms with E-state index in [1.807, 2.05) is 11.8 Å². The minimum atomic E-state index is -0.812. The van der Waals surface area contributed by atoms with E-state index in [1.54, 1.807) is 14.0 Å². The van der Waals surface area contributed by atoms with E-state index < -0.39 is 5.60 Å². The lowest BCUT2D eigenvalue weighted by molar-refractivity contribution is -0.151. The molecule has 6 heteroatoms. The monoisotopic (exact) mass is 300 g/mol. The Bertz CT molecular complexity index is 352. The van der Waals surface area contributed by atoms with Crippen LogP contribution in [0.5, 0.6) is 0 Å². The zero-order valence-corrected chi connectivity index (χ0v) is 13.4. The summed E-state index contributed by atoms with van der Waals surface area (Å²) in [7, 11) is 1.61. The summed E-state index contributed by atoms with van der Waals surface area (Å²) in [6.07, 6.45) is 2.43. The van der Waals surface area contributed by atoms with E-state index in [0.717, 1.165) is 0 Å². The Morgan fingerprint density at radius 2 is 1.95 bits per heavy atom. The molecule has 0 aliphatic heterocycles. The number of rotatable bonds is 7. The number of amides is 1. The van der Waals surface area contributed by atoms with Crippen LogP contribution in [-0.4, -0.2) is 60.8 Å². The predicted molar refractivity (Wildman–Crippen MR) is 79.7 cm³/mol. The van der Waals surface area contributed by atoms with E-state index in [0.29, 0.717) is 45.4 Å². The predicted octanol–water partition coefficient (Wildman–Crippen LogP) is 0.539. The van der Waals surface area contributed by atoms with E-state index in [-0.39, 0.29) is 24.3 Å². The Morgan fingerprint density at radius 3 is 2.43 bits per heavy atom. The Balaban J connectivity index is 2.49. The number of nitrogens with one attached hydrogen (secondary N) is 1. The number of nitrogens with zero attached hydrogens (tertiary/aromatic N) is 1. The third-order valence-electron chi connectivity index (χ3n) is 4.15. The van der Waals surface area contributed by atoms with Gasteiger partial charge in [-0.05, 0) is 39.2 Å². The molecule has 6 nitrogen and oxygen atoms in total. The van der Waals surface area contributed by atoms with E-state index in [1.165, 1.54) is 0 Å². The van der Waals surface area contributed by atoms with Crippen molar-refractivity contribution in [3.63, 3.8) is 0 Å². The second-order valence-corrected chi connectivity index (χ2v) is 5.73. The third kappa shape index (κ3) is 5.63. The average molecular weight is 300 g/mol. The number of ether oxygens (including phenoxy) is 1. The summed E-state index contributed by atoms with van der Waals surface area (Å²) in [4.78, 5) is 25.1. The van der Waals surface area contributed by atoms with Gasteiger partial charge < -0.3 is 15.2 Å². The zero-order valence-electron chi connectivity index (χ0n) is 13.4. The highest BCUT2D eigenvalue weighted by Gasteiger charge is 2.37. The lowest BCUT2D eigenvalue weighted by Crippen LogP contribution is -2.48. The maximum atomic E-state index is 11.7. The topological polar surface area (TPSA) is 78.9 Å². The van der Waals surface area contributed by atoms with Crippen molar-refractivity contribution in [1.82, 2.24) is 10.2 Å². The van der Waals surface area contributed by atoms with Gasteiger partial charge in [-0.1, -0.05) is 6.92 Å². The van der Waals surface area contributed by atoms with E-state index in [2.05, 4.69) is 5.32 Å². The summed E-state index contributed by atoms with van der Waals surface area (Å²) in [5, 5.41) is 13.3. The molecule has 122 valence electrons. The molecule has 0 bridgehead atoms. The standard InChI is InChI=1S/C15H28N2O4/c1-4-17(10-13(18)16-3)11-15(20)8-6-12(7-9-15)14(19)21-5-2/h12,20H,4-11H2,1-3H3,(H,16,18). The number of aliphatic hydroxyl groups is 1. The van der Waals surface area contributed by atoms with Gasteiger partial charge in [0, 0.05) is 13.6 Å². The first-order valence-electron chi connectivity index (χ1n) is 7.76. The molecular formula is C15H28N2O4. The molecule has 1 amide bonds. The van der Waals surface area contributed by atoms with Crippen molar-refractivity contribution in [3.8, 4) is 0 Å². The fraction of sp³-hybridized carbons (Fsp3) is 0.867. The summed E-state index contributed by atoms with van der Waals surface area (Å²) in [6.45, 7) is 5.63. The number of carbonyl (C=O) groups is 2. The van der Waals surface area contributed by atoms with Crippen LogP contribution in [-0.2, 0) is 14.3 Å². The first-order chi connectivity index (χ1) is 9.94. The molecule has 1 saturated carbocycles. The molecule has 0 spiro atoms. The van der Waals surface area contributed by atoms with Gasteiger partial charge in [0.1, 0.15) is 0 Å². The first-order valence-corrected chi connectivity index (χ1v) is 7.76. The molecule has 0 aromatic heterocycles. The first kappa shape index (κ1) is 17.9. The zero-order chi connectivity index (χ0) is 15.9.